The van der Waals surface area contributed by atoms with Crippen molar-refractivity contribution in [1.82, 2.24) is 0 Å². The molecule has 0 aliphatic rings. The zero-order valence-corrected chi connectivity index (χ0v) is 10.5. The van der Waals surface area contributed by atoms with Gasteiger partial charge in [0.25, 0.3) is 0 Å². The van der Waals surface area contributed by atoms with E-state index >= 15 is 0 Å². The summed E-state index contributed by atoms with van der Waals surface area (Å²) >= 11 is 3.96. The van der Waals surface area contributed by atoms with Crippen LogP contribution in [0.25, 0.3) is 0 Å². The van der Waals surface area contributed by atoms with Crippen LogP contribution in [0.2, 0.25) is 0 Å². The quantitative estimate of drug-likeness (QED) is 0.668. The van der Waals surface area contributed by atoms with E-state index in [0.29, 0.717) is 0 Å². The molecule has 1 aromatic carbocycles. The van der Waals surface area contributed by atoms with Gasteiger partial charge in [0.05, 0.1) is 6.10 Å². The Balaban J connectivity index is 2.63. The molecule has 0 radical (unpaired) electrons. The lowest BCUT2D eigenvalue weighted by Gasteiger charge is -2.16. The van der Waals surface area contributed by atoms with Gasteiger partial charge >= 0.3 is 0 Å². The molecule has 1 rings (SSSR count). The van der Waals surface area contributed by atoms with Crippen molar-refractivity contribution in [3.8, 4) is 0 Å². The van der Waals surface area contributed by atoms with Gasteiger partial charge in [-0.25, -0.2) is 0 Å². The number of thiol groups is 1. The summed E-state index contributed by atoms with van der Waals surface area (Å²) in [5.74, 6) is 0.263. The first-order valence-electron chi connectivity index (χ1n) is 5.74. The van der Waals surface area contributed by atoms with Crippen LogP contribution < -0.4 is 0 Å². The summed E-state index contributed by atoms with van der Waals surface area (Å²) in [6, 6.07) is 7.78. The van der Waals surface area contributed by atoms with Gasteiger partial charge in [-0.2, -0.15) is 12.6 Å². The number of hydrogen-bond donors (Lipinski definition) is 3. The first kappa shape index (κ1) is 13.6. The monoisotopic (exact) mass is 240 g/mol. The van der Waals surface area contributed by atoms with E-state index in [2.05, 4.69) is 19.6 Å². The van der Waals surface area contributed by atoms with Crippen LogP contribution in [0.15, 0.2) is 24.3 Å². The number of aliphatic hydroxyl groups is 2. The number of aryl methyl sites for hydroxylation is 1. The third kappa shape index (κ3) is 3.81. The Labute approximate surface area is 103 Å². The largest absolute Gasteiger partial charge is 0.389 e. The van der Waals surface area contributed by atoms with Gasteiger partial charge in [-0.3, -0.25) is 0 Å². The Hall–Kier alpha value is -0.510. The van der Waals surface area contributed by atoms with Crippen LogP contribution in [0.5, 0.6) is 0 Å². The molecule has 1 aromatic rings. The Kier molecular flexibility index (Phi) is 5.88. The predicted octanol–water partition coefficient (Wildman–Crippen LogP) is 2.35. The van der Waals surface area contributed by atoms with Crippen LogP contribution in [0, 0.1) is 0 Å². The lowest BCUT2D eigenvalue weighted by molar-refractivity contribution is 0.0337. The Morgan fingerprint density at radius 1 is 1.19 bits per heavy atom. The molecule has 0 bridgehead atoms. The molecule has 0 aliphatic heterocycles. The predicted molar refractivity (Wildman–Crippen MR) is 69.9 cm³/mol. The van der Waals surface area contributed by atoms with Crippen molar-refractivity contribution in [2.24, 2.45) is 0 Å². The minimum atomic E-state index is -0.835. The summed E-state index contributed by atoms with van der Waals surface area (Å²) in [4.78, 5) is 0. The minimum Gasteiger partial charge on any atom is -0.389 e. The van der Waals surface area contributed by atoms with E-state index < -0.39 is 12.2 Å². The highest BCUT2D eigenvalue weighted by Crippen LogP contribution is 2.18. The maximum Gasteiger partial charge on any atom is 0.106 e. The van der Waals surface area contributed by atoms with Crippen molar-refractivity contribution in [2.45, 2.75) is 38.4 Å². The molecule has 0 spiro atoms. The van der Waals surface area contributed by atoms with Gasteiger partial charge < -0.3 is 10.2 Å². The number of unbranched alkanes of at least 4 members (excludes halogenated alkanes) is 1. The van der Waals surface area contributed by atoms with E-state index in [4.69, 9.17) is 0 Å². The second-order valence-corrected chi connectivity index (χ2v) is 4.41. The van der Waals surface area contributed by atoms with E-state index in [9.17, 15) is 10.2 Å². The lowest BCUT2D eigenvalue weighted by Crippen LogP contribution is -2.19. The zero-order valence-electron chi connectivity index (χ0n) is 9.63. The summed E-state index contributed by atoms with van der Waals surface area (Å²) in [6.45, 7) is 2.17. The van der Waals surface area contributed by atoms with Crippen molar-refractivity contribution in [3.63, 3.8) is 0 Å². The molecule has 0 saturated heterocycles. The van der Waals surface area contributed by atoms with Crippen LogP contribution in [0.1, 0.15) is 37.0 Å². The van der Waals surface area contributed by atoms with E-state index in [0.717, 1.165) is 12.0 Å². The third-order valence-corrected chi connectivity index (χ3v) is 3.07. The van der Waals surface area contributed by atoms with Gasteiger partial charge in [-0.1, -0.05) is 37.6 Å². The summed E-state index contributed by atoms with van der Waals surface area (Å²) in [6.07, 6.45) is 1.80. The van der Waals surface area contributed by atoms with E-state index in [1.54, 1.807) is 0 Å². The number of benzene rings is 1. The highest BCUT2D eigenvalue weighted by atomic mass is 32.1. The van der Waals surface area contributed by atoms with E-state index in [1.807, 2.05) is 24.3 Å². The van der Waals surface area contributed by atoms with Gasteiger partial charge in [-0.15, -0.1) is 0 Å². The molecule has 0 heterocycles. The first-order valence-corrected chi connectivity index (χ1v) is 6.38. The van der Waals surface area contributed by atoms with Crippen LogP contribution in [0.3, 0.4) is 0 Å². The van der Waals surface area contributed by atoms with Crippen LogP contribution in [-0.2, 0) is 6.42 Å². The molecule has 0 fully saturated rings. The fraction of sp³-hybridized carbons (Fsp3) is 0.538. The van der Waals surface area contributed by atoms with Crippen molar-refractivity contribution in [1.29, 1.82) is 0 Å². The second kappa shape index (κ2) is 6.94. The molecule has 0 amide bonds. The summed E-state index contributed by atoms with van der Waals surface area (Å²) in [5.41, 5.74) is 2.03. The molecule has 3 heteroatoms. The molecule has 0 aliphatic carbocycles. The molecule has 2 nitrogen and oxygen atoms in total. The standard InChI is InChI=1S/C13H20O2S/c1-2-3-4-10-5-7-11(8-6-10)13(15)12(14)9-16/h5-8,12-16H,2-4,9H2,1H3. The van der Waals surface area contributed by atoms with E-state index in [-0.39, 0.29) is 5.75 Å². The Bertz CT molecular complexity index is 297. The van der Waals surface area contributed by atoms with Crippen molar-refractivity contribution in [3.05, 3.63) is 35.4 Å². The van der Waals surface area contributed by atoms with Crippen LogP contribution in [-0.4, -0.2) is 22.1 Å². The number of hydrogen-bond acceptors (Lipinski definition) is 3. The summed E-state index contributed by atoms with van der Waals surface area (Å²) < 4.78 is 0. The number of rotatable bonds is 6. The molecule has 0 aromatic heterocycles. The fourth-order valence-electron chi connectivity index (χ4n) is 1.58. The van der Waals surface area contributed by atoms with Crippen LogP contribution >= 0.6 is 12.6 Å². The normalized spacial score (nSPS) is 14.8. The van der Waals surface area contributed by atoms with Crippen molar-refractivity contribution < 1.29 is 10.2 Å². The Morgan fingerprint density at radius 2 is 1.81 bits per heavy atom. The maximum atomic E-state index is 9.76. The molecule has 2 atom stereocenters. The summed E-state index contributed by atoms with van der Waals surface area (Å²) in [7, 11) is 0. The van der Waals surface area contributed by atoms with Gasteiger partial charge in [0.2, 0.25) is 0 Å². The average Bonchev–Trinajstić information content (AvgIpc) is 2.35. The van der Waals surface area contributed by atoms with Gasteiger partial charge in [0.1, 0.15) is 6.10 Å². The highest BCUT2D eigenvalue weighted by Gasteiger charge is 2.16. The molecule has 0 saturated carbocycles. The van der Waals surface area contributed by atoms with Gasteiger partial charge in [0, 0.05) is 5.75 Å². The SMILES string of the molecule is CCCCc1ccc(C(O)C(O)CS)cc1. The van der Waals surface area contributed by atoms with Crippen LogP contribution in [0.4, 0.5) is 0 Å². The molecular formula is C13H20O2S. The van der Waals surface area contributed by atoms with E-state index in [1.165, 1.54) is 18.4 Å². The van der Waals surface area contributed by atoms with Gasteiger partial charge in [0.15, 0.2) is 0 Å². The summed E-state index contributed by atoms with van der Waals surface area (Å²) in [5, 5.41) is 19.2. The third-order valence-electron chi connectivity index (χ3n) is 2.69. The molecular weight excluding hydrogens is 220 g/mol. The van der Waals surface area contributed by atoms with Gasteiger partial charge in [-0.05, 0) is 24.0 Å². The zero-order chi connectivity index (χ0) is 12.0. The average molecular weight is 240 g/mol. The number of aliphatic hydroxyl groups excluding tert-OH is 2. The Morgan fingerprint density at radius 3 is 2.31 bits per heavy atom. The van der Waals surface area contributed by atoms with Crippen molar-refractivity contribution >= 4 is 12.6 Å². The molecule has 2 N–H and O–H groups in total. The molecule has 16 heavy (non-hydrogen) atoms. The molecule has 2 unspecified atom stereocenters. The van der Waals surface area contributed by atoms with Crippen molar-refractivity contribution in [2.75, 3.05) is 5.75 Å². The highest BCUT2D eigenvalue weighted by molar-refractivity contribution is 7.80. The topological polar surface area (TPSA) is 40.5 Å². The maximum absolute atomic E-state index is 9.76. The molecule has 90 valence electrons. The fourth-order valence-corrected chi connectivity index (χ4v) is 1.78. The second-order valence-electron chi connectivity index (χ2n) is 4.04. The first-order chi connectivity index (χ1) is 7.69. The lowest BCUT2D eigenvalue weighted by atomic mass is 10.0. The minimum absolute atomic E-state index is 0.263. The smallest absolute Gasteiger partial charge is 0.106 e.